The Kier molecular flexibility index (Phi) is 4.30. The van der Waals surface area contributed by atoms with Crippen molar-refractivity contribution in [2.75, 3.05) is 0 Å². The lowest BCUT2D eigenvalue weighted by Crippen LogP contribution is -2.29. The van der Waals surface area contributed by atoms with E-state index < -0.39 is 0 Å². The first-order chi connectivity index (χ1) is 10.2. The monoisotopic (exact) mass is 365 g/mol. The Morgan fingerprint density at radius 3 is 2.81 bits per heavy atom. The van der Waals surface area contributed by atoms with E-state index in [2.05, 4.69) is 32.4 Å². The Labute approximate surface area is 134 Å². The summed E-state index contributed by atoms with van der Waals surface area (Å²) in [6.07, 6.45) is 0.661. The highest BCUT2D eigenvalue weighted by Crippen LogP contribution is 2.27. The zero-order chi connectivity index (χ0) is 14.8. The predicted molar refractivity (Wildman–Crippen MR) is 87.5 cm³/mol. The first-order valence-corrected chi connectivity index (χ1v) is 8.04. The van der Waals surface area contributed by atoms with Crippen molar-refractivity contribution in [1.29, 1.82) is 0 Å². The van der Waals surface area contributed by atoms with Crippen molar-refractivity contribution in [1.82, 2.24) is 10.4 Å². The van der Waals surface area contributed by atoms with Crippen molar-refractivity contribution in [2.24, 2.45) is 5.84 Å². The minimum atomic E-state index is -0.283. The second-order valence-corrected chi connectivity index (χ2v) is 6.64. The van der Waals surface area contributed by atoms with E-state index in [1.807, 2.05) is 18.2 Å². The van der Waals surface area contributed by atoms with Gasteiger partial charge in [0.05, 0.1) is 25.7 Å². The highest BCUT2D eigenvalue weighted by atomic mass is 79.9. The molecule has 3 rings (SSSR count). The van der Waals surface area contributed by atoms with E-state index in [0.717, 1.165) is 20.8 Å². The number of fused-ring (bicyclic) bond motifs is 1. The molecule has 3 N–H and O–H groups in total. The van der Waals surface area contributed by atoms with Gasteiger partial charge < -0.3 is 0 Å². The largest absolute Gasteiger partial charge is 0.271 e. The van der Waals surface area contributed by atoms with Gasteiger partial charge in [0.1, 0.15) is 5.82 Å². The zero-order valence-electron chi connectivity index (χ0n) is 11.0. The fraction of sp³-hybridized carbons (Fsp3) is 0.133. The summed E-state index contributed by atoms with van der Waals surface area (Å²) in [6, 6.07) is 12.8. The van der Waals surface area contributed by atoms with Gasteiger partial charge in [-0.05, 0) is 45.8 Å². The lowest BCUT2D eigenvalue weighted by molar-refractivity contribution is 0.547. The second kappa shape index (κ2) is 6.19. The molecule has 0 aliphatic heterocycles. The Morgan fingerprint density at radius 2 is 2.10 bits per heavy atom. The number of hydrogen-bond acceptors (Lipinski definition) is 4. The number of thiazole rings is 1. The van der Waals surface area contributed by atoms with Crippen LogP contribution in [-0.4, -0.2) is 4.98 Å². The normalized spacial score (nSPS) is 12.7. The van der Waals surface area contributed by atoms with Crippen LogP contribution >= 0.6 is 27.3 Å². The van der Waals surface area contributed by atoms with Gasteiger partial charge in [-0.25, -0.2) is 9.37 Å². The molecule has 0 bridgehead atoms. The smallest absolute Gasteiger partial charge is 0.137 e. The van der Waals surface area contributed by atoms with Crippen LogP contribution in [0.2, 0.25) is 0 Å². The molecule has 0 radical (unpaired) electrons. The number of rotatable bonds is 4. The van der Waals surface area contributed by atoms with Gasteiger partial charge in [-0.15, -0.1) is 11.3 Å². The maximum Gasteiger partial charge on any atom is 0.137 e. The summed E-state index contributed by atoms with van der Waals surface area (Å²) in [7, 11) is 0. The maximum atomic E-state index is 13.3. The average molecular weight is 366 g/mol. The van der Waals surface area contributed by atoms with Gasteiger partial charge in [0, 0.05) is 6.42 Å². The molecule has 21 heavy (non-hydrogen) atoms. The van der Waals surface area contributed by atoms with Crippen LogP contribution < -0.4 is 11.3 Å². The van der Waals surface area contributed by atoms with Gasteiger partial charge in [0.2, 0.25) is 0 Å². The molecule has 0 saturated carbocycles. The summed E-state index contributed by atoms with van der Waals surface area (Å²) in [4.78, 5) is 4.60. The second-order valence-electron chi connectivity index (χ2n) is 4.67. The third-order valence-electron chi connectivity index (χ3n) is 3.26. The summed E-state index contributed by atoms with van der Waals surface area (Å²) in [5.74, 6) is 5.37. The fourth-order valence-electron chi connectivity index (χ4n) is 2.18. The Morgan fingerprint density at radius 1 is 1.29 bits per heavy atom. The number of aromatic nitrogens is 1. The molecular weight excluding hydrogens is 353 g/mol. The Balaban J connectivity index is 1.88. The molecule has 3 nitrogen and oxygen atoms in total. The highest BCUT2D eigenvalue weighted by Gasteiger charge is 2.15. The number of nitrogens with zero attached hydrogens (tertiary/aromatic N) is 1. The van der Waals surface area contributed by atoms with Crippen LogP contribution in [0.4, 0.5) is 4.39 Å². The topological polar surface area (TPSA) is 50.9 Å². The van der Waals surface area contributed by atoms with E-state index in [4.69, 9.17) is 5.84 Å². The molecule has 1 heterocycles. The third-order valence-corrected chi connectivity index (χ3v) is 4.93. The van der Waals surface area contributed by atoms with Crippen LogP contribution in [0.5, 0.6) is 0 Å². The minimum Gasteiger partial charge on any atom is -0.271 e. The molecule has 0 amide bonds. The predicted octanol–water partition coefficient (Wildman–Crippen LogP) is 3.95. The maximum absolute atomic E-state index is 13.3. The van der Waals surface area contributed by atoms with Gasteiger partial charge in [-0.1, -0.05) is 18.2 Å². The molecular formula is C15H13BrFN3S. The number of hydrogen-bond donors (Lipinski definition) is 2. The quantitative estimate of drug-likeness (QED) is 0.543. The van der Waals surface area contributed by atoms with E-state index in [1.54, 1.807) is 23.5 Å². The molecule has 3 aromatic rings. The zero-order valence-corrected chi connectivity index (χ0v) is 13.4. The first-order valence-electron chi connectivity index (χ1n) is 6.43. The Hall–Kier alpha value is -1.34. The van der Waals surface area contributed by atoms with Gasteiger partial charge in [-0.2, -0.15) is 0 Å². The highest BCUT2D eigenvalue weighted by molar-refractivity contribution is 9.10. The molecule has 6 heteroatoms. The summed E-state index contributed by atoms with van der Waals surface area (Å²) in [6.45, 7) is 0. The SMILES string of the molecule is NNC(Cc1nc2ccccc2s1)c1ccc(F)c(Br)c1. The molecule has 2 aromatic carbocycles. The molecule has 0 fully saturated rings. The summed E-state index contributed by atoms with van der Waals surface area (Å²) in [5, 5.41) is 1.000. The van der Waals surface area contributed by atoms with Crippen LogP contribution in [0.15, 0.2) is 46.9 Å². The standard InChI is InChI=1S/C15H13BrFN3S/c16-10-7-9(5-6-11(10)17)13(20-18)8-15-19-12-3-1-2-4-14(12)21-15/h1-7,13,20H,8,18H2. The van der Waals surface area contributed by atoms with Crippen LogP contribution in [0, 0.1) is 5.82 Å². The van der Waals surface area contributed by atoms with Crippen LogP contribution in [0.25, 0.3) is 10.2 Å². The molecule has 108 valence electrons. The lowest BCUT2D eigenvalue weighted by atomic mass is 10.0. The molecule has 0 aliphatic rings. The van der Waals surface area contributed by atoms with Gasteiger partial charge in [0.25, 0.3) is 0 Å². The molecule has 0 saturated heterocycles. The van der Waals surface area contributed by atoms with E-state index in [0.29, 0.717) is 10.9 Å². The van der Waals surface area contributed by atoms with Crippen LogP contribution in [0.3, 0.4) is 0 Å². The lowest BCUT2D eigenvalue weighted by Gasteiger charge is -2.15. The fourth-order valence-corrected chi connectivity index (χ4v) is 3.59. The van der Waals surface area contributed by atoms with Gasteiger partial charge >= 0.3 is 0 Å². The summed E-state index contributed by atoms with van der Waals surface area (Å²) >= 11 is 4.85. The number of benzene rings is 2. The van der Waals surface area contributed by atoms with E-state index >= 15 is 0 Å². The van der Waals surface area contributed by atoms with Crippen molar-refractivity contribution in [3.8, 4) is 0 Å². The summed E-state index contributed by atoms with van der Waals surface area (Å²) in [5.41, 5.74) is 4.70. The molecule has 1 aromatic heterocycles. The summed E-state index contributed by atoms with van der Waals surface area (Å²) < 4.78 is 14.9. The van der Waals surface area contributed by atoms with Crippen molar-refractivity contribution < 1.29 is 4.39 Å². The number of hydrazine groups is 1. The number of nitrogens with two attached hydrogens (primary N) is 1. The number of para-hydroxylation sites is 1. The van der Waals surface area contributed by atoms with Crippen molar-refractivity contribution in [3.05, 3.63) is 63.3 Å². The average Bonchev–Trinajstić information content (AvgIpc) is 2.90. The molecule has 0 aliphatic carbocycles. The van der Waals surface area contributed by atoms with Crippen LogP contribution in [0.1, 0.15) is 16.6 Å². The first kappa shape index (κ1) is 14.6. The minimum absolute atomic E-state index is 0.109. The van der Waals surface area contributed by atoms with Crippen molar-refractivity contribution in [3.63, 3.8) is 0 Å². The van der Waals surface area contributed by atoms with E-state index in [9.17, 15) is 4.39 Å². The third kappa shape index (κ3) is 3.13. The number of nitrogens with one attached hydrogen (secondary N) is 1. The van der Waals surface area contributed by atoms with Gasteiger partial charge in [0.15, 0.2) is 0 Å². The number of halogens is 2. The van der Waals surface area contributed by atoms with Crippen molar-refractivity contribution in [2.45, 2.75) is 12.5 Å². The van der Waals surface area contributed by atoms with Gasteiger partial charge in [-0.3, -0.25) is 11.3 Å². The van der Waals surface area contributed by atoms with E-state index in [-0.39, 0.29) is 11.9 Å². The molecule has 0 spiro atoms. The van der Waals surface area contributed by atoms with Crippen LogP contribution in [-0.2, 0) is 6.42 Å². The molecule has 1 unspecified atom stereocenters. The van der Waals surface area contributed by atoms with Crippen molar-refractivity contribution >= 4 is 37.5 Å². The molecule has 1 atom stereocenters. The van der Waals surface area contributed by atoms with E-state index in [1.165, 1.54) is 6.07 Å². The Bertz CT molecular complexity index is 741.